The van der Waals surface area contributed by atoms with Crippen molar-refractivity contribution < 1.29 is 4.79 Å². The van der Waals surface area contributed by atoms with Gasteiger partial charge in [0.25, 0.3) is 0 Å². The number of hydrogen-bond donors (Lipinski definition) is 1. The Kier molecular flexibility index (Phi) is 5.05. The minimum atomic E-state index is 0.263. The molecular weight excluding hydrogens is 190 g/mol. The van der Waals surface area contributed by atoms with Crippen LogP contribution in [0.2, 0.25) is 0 Å². The number of nitrogens with two attached hydrogens (primary N) is 1. The third-order valence-electron chi connectivity index (χ3n) is 2.99. The number of carbonyl (C=O) groups is 1. The molecule has 15 heavy (non-hydrogen) atoms. The maximum absolute atomic E-state index is 11.9. The highest BCUT2D eigenvalue weighted by atomic mass is 16.2. The number of hydrogen-bond acceptors (Lipinski definition) is 3. The molecule has 88 valence electrons. The van der Waals surface area contributed by atoms with Crippen molar-refractivity contribution in [2.45, 2.75) is 31.7 Å². The SMILES string of the molecule is CN(C)CCC(=O)N1CCCCC1CN. The molecule has 0 aromatic heterocycles. The lowest BCUT2D eigenvalue weighted by molar-refractivity contribution is -0.134. The maximum atomic E-state index is 11.9. The molecule has 0 aromatic rings. The molecular formula is C11H23N3O. The summed E-state index contributed by atoms with van der Waals surface area (Å²) in [6, 6.07) is 0.286. The summed E-state index contributed by atoms with van der Waals surface area (Å²) in [5.41, 5.74) is 5.68. The highest BCUT2D eigenvalue weighted by Crippen LogP contribution is 2.16. The molecule has 1 unspecified atom stereocenters. The van der Waals surface area contributed by atoms with Gasteiger partial charge in [0.15, 0.2) is 0 Å². The van der Waals surface area contributed by atoms with E-state index in [9.17, 15) is 4.79 Å². The molecule has 2 N–H and O–H groups in total. The van der Waals surface area contributed by atoms with E-state index in [1.54, 1.807) is 0 Å². The zero-order chi connectivity index (χ0) is 11.3. The van der Waals surface area contributed by atoms with Gasteiger partial charge < -0.3 is 15.5 Å². The average molecular weight is 213 g/mol. The van der Waals surface area contributed by atoms with Gasteiger partial charge in [-0.25, -0.2) is 0 Å². The van der Waals surface area contributed by atoms with Gasteiger partial charge in [0.2, 0.25) is 5.91 Å². The van der Waals surface area contributed by atoms with Gasteiger partial charge in [-0.15, -0.1) is 0 Å². The molecule has 1 atom stereocenters. The van der Waals surface area contributed by atoms with Crippen LogP contribution in [0.25, 0.3) is 0 Å². The van der Waals surface area contributed by atoms with Crippen molar-refractivity contribution in [3.63, 3.8) is 0 Å². The zero-order valence-electron chi connectivity index (χ0n) is 9.91. The summed E-state index contributed by atoms with van der Waals surface area (Å²) in [4.78, 5) is 15.9. The van der Waals surface area contributed by atoms with Gasteiger partial charge in [0, 0.05) is 32.1 Å². The van der Waals surface area contributed by atoms with Crippen molar-refractivity contribution in [1.29, 1.82) is 0 Å². The number of nitrogens with zero attached hydrogens (tertiary/aromatic N) is 2. The fourth-order valence-corrected chi connectivity index (χ4v) is 2.04. The number of amides is 1. The molecule has 1 heterocycles. The van der Waals surface area contributed by atoms with Crippen LogP contribution >= 0.6 is 0 Å². The van der Waals surface area contributed by atoms with Crippen LogP contribution in [-0.4, -0.2) is 55.5 Å². The molecule has 0 aliphatic carbocycles. The number of carbonyl (C=O) groups excluding carboxylic acids is 1. The molecule has 1 amide bonds. The average Bonchev–Trinajstić information content (AvgIpc) is 2.25. The first-order valence-corrected chi connectivity index (χ1v) is 5.79. The second kappa shape index (κ2) is 6.08. The Morgan fingerprint density at radius 1 is 1.47 bits per heavy atom. The van der Waals surface area contributed by atoms with E-state index >= 15 is 0 Å². The van der Waals surface area contributed by atoms with Crippen molar-refractivity contribution in [3.05, 3.63) is 0 Å². The predicted octanol–water partition coefficient (Wildman–Crippen LogP) is 0.278. The maximum Gasteiger partial charge on any atom is 0.224 e. The van der Waals surface area contributed by atoms with Crippen LogP contribution in [0.15, 0.2) is 0 Å². The fraction of sp³-hybridized carbons (Fsp3) is 0.909. The third-order valence-corrected chi connectivity index (χ3v) is 2.99. The lowest BCUT2D eigenvalue weighted by Crippen LogP contribution is -2.47. The Bertz CT molecular complexity index is 206. The van der Waals surface area contributed by atoms with Crippen LogP contribution < -0.4 is 5.73 Å². The van der Waals surface area contributed by atoms with E-state index < -0.39 is 0 Å². The van der Waals surface area contributed by atoms with Gasteiger partial charge in [-0.1, -0.05) is 0 Å². The van der Waals surface area contributed by atoms with Crippen molar-refractivity contribution >= 4 is 5.91 Å². The van der Waals surface area contributed by atoms with E-state index in [-0.39, 0.29) is 11.9 Å². The van der Waals surface area contributed by atoms with E-state index in [1.807, 2.05) is 23.9 Å². The minimum Gasteiger partial charge on any atom is -0.338 e. The Hall–Kier alpha value is -0.610. The molecule has 0 saturated carbocycles. The van der Waals surface area contributed by atoms with Crippen LogP contribution in [0.4, 0.5) is 0 Å². The van der Waals surface area contributed by atoms with Crippen molar-refractivity contribution in [2.24, 2.45) is 5.73 Å². The summed E-state index contributed by atoms with van der Waals surface area (Å²) < 4.78 is 0. The quantitative estimate of drug-likeness (QED) is 0.729. The monoisotopic (exact) mass is 213 g/mol. The second-order valence-electron chi connectivity index (χ2n) is 4.53. The van der Waals surface area contributed by atoms with Gasteiger partial charge in [0.1, 0.15) is 0 Å². The molecule has 1 fully saturated rings. The van der Waals surface area contributed by atoms with Crippen molar-refractivity contribution in [2.75, 3.05) is 33.7 Å². The van der Waals surface area contributed by atoms with Gasteiger partial charge >= 0.3 is 0 Å². The number of likely N-dealkylation sites (tertiary alicyclic amines) is 1. The smallest absolute Gasteiger partial charge is 0.224 e. The topological polar surface area (TPSA) is 49.6 Å². The molecule has 1 saturated heterocycles. The van der Waals surface area contributed by atoms with E-state index in [0.29, 0.717) is 13.0 Å². The third kappa shape index (κ3) is 3.80. The molecule has 4 heteroatoms. The van der Waals surface area contributed by atoms with E-state index in [4.69, 9.17) is 5.73 Å². The first-order valence-electron chi connectivity index (χ1n) is 5.79. The molecule has 0 spiro atoms. The summed E-state index contributed by atoms with van der Waals surface area (Å²) in [6.07, 6.45) is 4.03. The molecule has 1 rings (SSSR count). The van der Waals surface area contributed by atoms with E-state index in [1.165, 1.54) is 6.42 Å². The first kappa shape index (κ1) is 12.5. The van der Waals surface area contributed by atoms with Crippen LogP contribution in [0.1, 0.15) is 25.7 Å². The van der Waals surface area contributed by atoms with Crippen LogP contribution in [0, 0.1) is 0 Å². The van der Waals surface area contributed by atoms with Crippen molar-refractivity contribution in [1.82, 2.24) is 9.80 Å². The summed E-state index contributed by atoms with van der Waals surface area (Å²) >= 11 is 0. The van der Waals surface area contributed by atoms with Crippen LogP contribution in [0.3, 0.4) is 0 Å². The zero-order valence-corrected chi connectivity index (χ0v) is 9.91. The van der Waals surface area contributed by atoms with Gasteiger partial charge in [-0.3, -0.25) is 4.79 Å². The Morgan fingerprint density at radius 2 is 2.20 bits per heavy atom. The molecule has 1 aliphatic rings. The lowest BCUT2D eigenvalue weighted by atomic mass is 10.0. The van der Waals surface area contributed by atoms with E-state index in [0.717, 1.165) is 25.9 Å². The molecule has 0 aromatic carbocycles. The van der Waals surface area contributed by atoms with Gasteiger partial charge in [0.05, 0.1) is 0 Å². The Balaban J connectivity index is 2.41. The molecule has 4 nitrogen and oxygen atoms in total. The summed E-state index contributed by atoms with van der Waals surface area (Å²) in [6.45, 7) is 2.33. The summed E-state index contributed by atoms with van der Waals surface area (Å²) in [7, 11) is 3.98. The largest absolute Gasteiger partial charge is 0.338 e. The normalized spacial score (nSPS) is 22.1. The van der Waals surface area contributed by atoms with Crippen LogP contribution in [-0.2, 0) is 4.79 Å². The van der Waals surface area contributed by atoms with E-state index in [2.05, 4.69) is 0 Å². The first-order chi connectivity index (χ1) is 7.15. The summed E-state index contributed by atoms with van der Waals surface area (Å²) in [5.74, 6) is 0.263. The molecule has 0 bridgehead atoms. The number of piperidine rings is 1. The molecule has 0 radical (unpaired) electrons. The molecule has 1 aliphatic heterocycles. The predicted molar refractivity (Wildman–Crippen MR) is 61.6 cm³/mol. The minimum absolute atomic E-state index is 0.263. The van der Waals surface area contributed by atoms with Crippen LogP contribution in [0.5, 0.6) is 0 Å². The second-order valence-corrected chi connectivity index (χ2v) is 4.53. The number of rotatable bonds is 4. The lowest BCUT2D eigenvalue weighted by Gasteiger charge is -2.35. The summed E-state index contributed by atoms with van der Waals surface area (Å²) in [5, 5.41) is 0. The Morgan fingerprint density at radius 3 is 2.80 bits per heavy atom. The standard InChI is InChI=1S/C11H23N3O/c1-13(2)8-6-11(15)14-7-4-3-5-10(14)9-12/h10H,3-9,12H2,1-2H3. The Labute approximate surface area is 92.4 Å². The highest BCUT2D eigenvalue weighted by molar-refractivity contribution is 5.76. The van der Waals surface area contributed by atoms with Gasteiger partial charge in [-0.2, -0.15) is 0 Å². The fourth-order valence-electron chi connectivity index (χ4n) is 2.04. The van der Waals surface area contributed by atoms with Crippen molar-refractivity contribution in [3.8, 4) is 0 Å². The highest BCUT2D eigenvalue weighted by Gasteiger charge is 2.24. The van der Waals surface area contributed by atoms with Gasteiger partial charge in [-0.05, 0) is 33.4 Å².